The summed E-state index contributed by atoms with van der Waals surface area (Å²) < 4.78 is 18.8. The van der Waals surface area contributed by atoms with E-state index in [1.165, 1.54) is 6.07 Å². The monoisotopic (exact) mass is 236 g/mol. The van der Waals surface area contributed by atoms with Crippen molar-refractivity contribution >= 4 is 0 Å². The molecule has 1 rings (SSSR count). The second kappa shape index (κ2) is 7.05. The molecule has 1 N–H and O–H groups in total. The smallest absolute Gasteiger partial charge is 0.138 e. The summed E-state index contributed by atoms with van der Waals surface area (Å²) in [6.45, 7) is 4.34. The molecular formula is C14H17FO2. The predicted octanol–water partition coefficient (Wildman–Crippen LogP) is 2.48. The van der Waals surface area contributed by atoms with Gasteiger partial charge in [0.25, 0.3) is 0 Å². The molecule has 0 heterocycles. The molecule has 0 aliphatic heterocycles. The highest BCUT2D eigenvalue weighted by molar-refractivity contribution is 5.38. The number of aliphatic hydroxyl groups is 1. The van der Waals surface area contributed by atoms with Crippen LogP contribution in [0.15, 0.2) is 18.2 Å². The Hall–Kier alpha value is -1.37. The minimum absolute atomic E-state index is 0.00916. The first-order valence-electron chi connectivity index (χ1n) is 5.63. The lowest BCUT2D eigenvalue weighted by molar-refractivity contribution is 0.0656. The first-order chi connectivity index (χ1) is 8.13. The number of halogens is 1. The fraction of sp³-hybridized carbons (Fsp3) is 0.429. The molecule has 0 atom stereocenters. The molecule has 0 aromatic heterocycles. The van der Waals surface area contributed by atoms with Gasteiger partial charge in [0.2, 0.25) is 0 Å². The van der Waals surface area contributed by atoms with Gasteiger partial charge in [0.05, 0.1) is 24.9 Å². The molecule has 3 heteroatoms. The lowest BCUT2D eigenvalue weighted by atomic mass is 10.1. The van der Waals surface area contributed by atoms with E-state index in [4.69, 9.17) is 9.84 Å². The molecule has 2 nitrogen and oxygen atoms in total. The molecule has 92 valence electrons. The second-order valence-electron chi connectivity index (χ2n) is 3.95. The van der Waals surface area contributed by atoms with Crippen LogP contribution in [-0.4, -0.2) is 17.8 Å². The highest BCUT2D eigenvalue weighted by Crippen LogP contribution is 2.11. The molecule has 1 aromatic rings. The summed E-state index contributed by atoms with van der Waals surface area (Å²) in [5.41, 5.74) is 1.25. The zero-order valence-corrected chi connectivity index (χ0v) is 10.2. The lowest BCUT2D eigenvalue weighted by Crippen LogP contribution is -2.02. The Kier molecular flexibility index (Phi) is 5.68. The fourth-order valence-corrected chi connectivity index (χ4v) is 1.23. The van der Waals surface area contributed by atoms with Crippen molar-refractivity contribution in [2.75, 3.05) is 6.61 Å². The number of benzene rings is 1. The molecule has 0 saturated heterocycles. The zero-order valence-electron chi connectivity index (χ0n) is 10.2. The fourth-order valence-electron chi connectivity index (χ4n) is 1.23. The molecule has 0 spiro atoms. The van der Waals surface area contributed by atoms with Crippen LogP contribution in [0.3, 0.4) is 0 Å². The molecule has 0 radical (unpaired) electrons. The van der Waals surface area contributed by atoms with Crippen LogP contribution in [0.1, 0.15) is 31.4 Å². The standard InChI is InChI=1S/C14H17FO2/c1-11(2)17-10-12-6-7-14(15)13(9-12)5-3-4-8-16/h6-7,9,11,16H,4,8,10H2,1-2H3. The quantitative estimate of drug-likeness (QED) is 0.814. The number of hydrogen-bond acceptors (Lipinski definition) is 2. The minimum Gasteiger partial charge on any atom is -0.395 e. The summed E-state index contributed by atoms with van der Waals surface area (Å²) in [6, 6.07) is 4.76. The van der Waals surface area contributed by atoms with Crippen LogP contribution in [0.4, 0.5) is 4.39 Å². The SMILES string of the molecule is CC(C)OCc1ccc(F)c(C#CCCO)c1. The van der Waals surface area contributed by atoms with Crippen LogP contribution in [0.25, 0.3) is 0 Å². The van der Waals surface area contributed by atoms with Gasteiger partial charge in [-0.05, 0) is 31.5 Å². The maximum absolute atomic E-state index is 13.4. The van der Waals surface area contributed by atoms with Gasteiger partial charge < -0.3 is 9.84 Å². The van der Waals surface area contributed by atoms with Crippen molar-refractivity contribution in [3.8, 4) is 11.8 Å². The van der Waals surface area contributed by atoms with E-state index >= 15 is 0 Å². The molecule has 0 unspecified atom stereocenters. The number of aliphatic hydroxyl groups excluding tert-OH is 1. The van der Waals surface area contributed by atoms with Crippen molar-refractivity contribution in [2.45, 2.75) is 33.0 Å². The summed E-state index contributed by atoms with van der Waals surface area (Å²) in [7, 11) is 0. The van der Waals surface area contributed by atoms with Crippen molar-refractivity contribution in [3.05, 3.63) is 35.1 Å². The Labute approximate surface area is 101 Å². The van der Waals surface area contributed by atoms with Crippen LogP contribution >= 0.6 is 0 Å². The highest BCUT2D eigenvalue weighted by Gasteiger charge is 2.02. The molecule has 0 fully saturated rings. The summed E-state index contributed by atoms with van der Waals surface area (Å²) in [4.78, 5) is 0. The van der Waals surface area contributed by atoms with Crippen LogP contribution in [0, 0.1) is 17.7 Å². The van der Waals surface area contributed by atoms with Crippen molar-refractivity contribution < 1.29 is 14.2 Å². The Balaban J connectivity index is 2.77. The summed E-state index contributed by atoms with van der Waals surface area (Å²) in [5.74, 6) is 5.06. The zero-order chi connectivity index (χ0) is 12.7. The Morgan fingerprint density at radius 2 is 2.18 bits per heavy atom. The van der Waals surface area contributed by atoms with Gasteiger partial charge in [-0.1, -0.05) is 17.9 Å². The second-order valence-corrected chi connectivity index (χ2v) is 3.95. The minimum atomic E-state index is -0.344. The van der Waals surface area contributed by atoms with Gasteiger partial charge in [0, 0.05) is 6.42 Å². The van der Waals surface area contributed by atoms with E-state index in [9.17, 15) is 4.39 Å². The van der Waals surface area contributed by atoms with E-state index in [-0.39, 0.29) is 18.5 Å². The van der Waals surface area contributed by atoms with Gasteiger partial charge >= 0.3 is 0 Å². The normalized spacial score (nSPS) is 10.2. The average molecular weight is 236 g/mol. The third-order valence-corrected chi connectivity index (χ3v) is 2.07. The summed E-state index contributed by atoms with van der Waals surface area (Å²) >= 11 is 0. The molecular weight excluding hydrogens is 219 g/mol. The maximum Gasteiger partial charge on any atom is 0.138 e. The van der Waals surface area contributed by atoms with E-state index in [0.717, 1.165) is 5.56 Å². The first kappa shape index (κ1) is 13.7. The molecule has 0 amide bonds. The van der Waals surface area contributed by atoms with E-state index < -0.39 is 0 Å². The van der Waals surface area contributed by atoms with Crippen LogP contribution < -0.4 is 0 Å². The molecule has 1 aromatic carbocycles. The molecule has 0 bridgehead atoms. The molecule has 0 aliphatic rings. The van der Waals surface area contributed by atoms with Gasteiger partial charge in [0.15, 0.2) is 0 Å². The number of rotatable bonds is 4. The van der Waals surface area contributed by atoms with Gasteiger partial charge in [-0.2, -0.15) is 0 Å². The first-order valence-corrected chi connectivity index (χ1v) is 5.63. The summed E-state index contributed by atoms with van der Waals surface area (Å²) in [5, 5.41) is 8.60. The van der Waals surface area contributed by atoms with Gasteiger partial charge in [0.1, 0.15) is 5.82 Å². The Morgan fingerprint density at radius 3 is 2.82 bits per heavy atom. The van der Waals surface area contributed by atoms with Crippen molar-refractivity contribution in [1.29, 1.82) is 0 Å². The number of hydrogen-bond donors (Lipinski definition) is 1. The van der Waals surface area contributed by atoms with E-state index in [0.29, 0.717) is 18.6 Å². The third-order valence-electron chi connectivity index (χ3n) is 2.07. The van der Waals surface area contributed by atoms with Crippen molar-refractivity contribution in [1.82, 2.24) is 0 Å². The van der Waals surface area contributed by atoms with Crippen LogP contribution in [-0.2, 0) is 11.3 Å². The summed E-state index contributed by atoms with van der Waals surface area (Å²) in [6.07, 6.45) is 0.496. The lowest BCUT2D eigenvalue weighted by Gasteiger charge is -2.07. The van der Waals surface area contributed by atoms with E-state index in [2.05, 4.69) is 11.8 Å². The van der Waals surface area contributed by atoms with Crippen LogP contribution in [0.5, 0.6) is 0 Å². The Morgan fingerprint density at radius 1 is 1.41 bits per heavy atom. The van der Waals surface area contributed by atoms with E-state index in [1.807, 2.05) is 13.8 Å². The maximum atomic E-state index is 13.4. The third kappa shape index (κ3) is 4.99. The highest BCUT2D eigenvalue weighted by atomic mass is 19.1. The van der Waals surface area contributed by atoms with Gasteiger partial charge in [-0.3, -0.25) is 0 Å². The largest absolute Gasteiger partial charge is 0.395 e. The van der Waals surface area contributed by atoms with Gasteiger partial charge in [-0.15, -0.1) is 0 Å². The molecule has 0 saturated carbocycles. The van der Waals surface area contributed by atoms with E-state index in [1.54, 1.807) is 12.1 Å². The van der Waals surface area contributed by atoms with Crippen molar-refractivity contribution in [3.63, 3.8) is 0 Å². The molecule has 0 aliphatic carbocycles. The average Bonchev–Trinajstić information content (AvgIpc) is 2.30. The molecule has 17 heavy (non-hydrogen) atoms. The van der Waals surface area contributed by atoms with Crippen molar-refractivity contribution in [2.24, 2.45) is 0 Å². The number of ether oxygens (including phenoxy) is 1. The predicted molar refractivity (Wildman–Crippen MR) is 64.9 cm³/mol. The Bertz CT molecular complexity index is 416. The van der Waals surface area contributed by atoms with Gasteiger partial charge in [-0.25, -0.2) is 4.39 Å². The topological polar surface area (TPSA) is 29.5 Å². The van der Waals surface area contributed by atoms with Crippen LogP contribution in [0.2, 0.25) is 0 Å².